The Morgan fingerprint density at radius 3 is 1.66 bits per heavy atom. The van der Waals surface area contributed by atoms with E-state index in [0.29, 0.717) is 17.2 Å². The van der Waals surface area contributed by atoms with Crippen LogP contribution in [0.25, 0.3) is 33.8 Å². The van der Waals surface area contributed by atoms with E-state index in [1.54, 1.807) is 41.1 Å². The highest BCUT2D eigenvalue weighted by molar-refractivity contribution is 5.77. The number of anilines is 2. The standard InChI is InChI=1S/C17H19FN4.C13H11FN4.CH4/c1-11-10-22-14(9-19-11)20-15(16(22)21-17(2,3)4)12-5-7-13(18)8-6-12;1-8-7-18-11(6-16-8)17-12(13(18)15)9-2-4-10(14)5-3-9;/h5-10,21H,1-4H3;2-7H,15H2,1H3;1H4. The van der Waals surface area contributed by atoms with Crippen molar-refractivity contribution in [3.05, 3.63) is 96.3 Å². The smallest absolute Gasteiger partial charge is 0.157 e. The molecule has 0 saturated heterocycles. The number of nitrogens with zero attached hydrogens (tertiary/aromatic N) is 6. The third kappa shape index (κ3) is 6.32. The molecule has 0 aliphatic carbocycles. The molecule has 4 heterocycles. The molecule has 8 nitrogen and oxygen atoms in total. The van der Waals surface area contributed by atoms with Gasteiger partial charge in [-0.15, -0.1) is 0 Å². The topological polar surface area (TPSA) is 98.4 Å². The summed E-state index contributed by atoms with van der Waals surface area (Å²) in [5.74, 6) is 0.885. The maximum atomic E-state index is 13.2. The minimum Gasteiger partial charge on any atom is -0.383 e. The van der Waals surface area contributed by atoms with Crippen LogP contribution in [0, 0.1) is 25.5 Å². The normalized spacial score (nSPS) is 11.2. The van der Waals surface area contributed by atoms with E-state index in [2.05, 4.69) is 46.0 Å². The molecule has 0 unspecified atom stereocenters. The average molecular weight is 557 g/mol. The van der Waals surface area contributed by atoms with Crippen molar-refractivity contribution in [2.24, 2.45) is 0 Å². The zero-order valence-electron chi connectivity index (χ0n) is 22.9. The summed E-state index contributed by atoms with van der Waals surface area (Å²) in [6.45, 7) is 10.1. The summed E-state index contributed by atoms with van der Waals surface area (Å²) < 4.78 is 29.8. The molecule has 3 N–H and O–H groups in total. The van der Waals surface area contributed by atoms with Crippen molar-refractivity contribution < 1.29 is 8.78 Å². The van der Waals surface area contributed by atoms with Crippen LogP contribution < -0.4 is 11.1 Å². The van der Waals surface area contributed by atoms with Gasteiger partial charge < -0.3 is 11.1 Å². The van der Waals surface area contributed by atoms with E-state index < -0.39 is 0 Å². The Balaban J connectivity index is 0.000000188. The molecule has 0 saturated carbocycles. The summed E-state index contributed by atoms with van der Waals surface area (Å²) in [5, 5.41) is 3.49. The van der Waals surface area contributed by atoms with Crippen molar-refractivity contribution in [3.8, 4) is 22.5 Å². The van der Waals surface area contributed by atoms with Crippen LogP contribution in [-0.4, -0.2) is 34.3 Å². The van der Waals surface area contributed by atoms with E-state index in [1.807, 2.05) is 30.6 Å². The monoisotopic (exact) mass is 556 g/mol. The maximum absolute atomic E-state index is 13.2. The van der Waals surface area contributed by atoms with Gasteiger partial charge in [-0.05, 0) is 83.1 Å². The van der Waals surface area contributed by atoms with Crippen molar-refractivity contribution >= 4 is 22.9 Å². The van der Waals surface area contributed by atoms with Crippen LogP contribution in [0.15, 0.2) is 73.3 Å². The summed E-state index contributed by atoms with van der Waals surface area (Å²) >= 11 is 0. The van der Waals surface area contributed by atoms with Crippen LogP contribution in [0.3, 0.4) is 0 Å². The number of aromatic nitrogens is 6. The van der Waals surface area contributed by atoms with Crippen molar-refractivity contribution in [2.75, 3.05) is 11.1 Å². The van der Waals surface area contributed by atoms with E-state index in [4.69, 9.17) is 5.73 Å². The Labute approximate surface area is 238 Å². The lowest BCUT2D eigenvalue weighted by atomic mass is 10.1. The number of imidazole rings is 2. The molecule has 41 heavy (non-hydrogen) atoms. The third-order valence-corrected chi connectivity index (χ3v) is 6.04. The summed E-state index contributed by atoms with van der Waals surface area (Å²) in [5.41, 5.74) is 12.2. The lowest BCUT2D eigenvalue weighted by Gasteiger charge is -2.22. The molecule has 0 bridgehead atoms. The van der Waals surface area contributed by atoms with Gasteiger partial charge in [0.05, 0.1) is 23.8 Å². The molecule has 212 valence electrons. The first-order chi connectivity index (χ1) is 19.0. The van der Waals surface area contributed by atoms with Gasteiger partial charge in [-0.1, -0.05) is 7.43 Å². The van der Waals surface area contributed by atoms with Crippen LogP contribution in [-0.2, 0) is 0 Å². The molecule has 0 fully saturated rings. The highest BCUT2D eigenvalue weighted by atomic mass is 19.1. The molecule has 6 rings (SSSR count). The van der Waals surface area contributed by atoms with Crippen LogP contribution in [0.4, 0.5) is 20.4 Å². The largest absolute Gasteiger partial charge is 0.383 e. The number of nitrogens with two attached hydrogens (primary N) is 1. The number of hydrogen-bond acceptors (Lipinski definition) is 6. The minimum atomic E-state index is -0.279. The lowest BCUT2D eigenvalue weighted by molar-refractivity contribution is 0.627. The second-order valence-electron chi connectivity index (χ2n) is 10.6. The third-order valence-electron chi connectivity index (χ3n) is 6.04. The molecule has 0 atom stereocenters. The molecule has 4 aromatic heterocycles. The second kappa shape index (κ2) is 11.3. The van der Waals surface area contributed by atoms with E-state index in [1.165, 1.54) is 24.3 Å². The first kappa shape index (κ1) is 29.1. The molecular weight excluding hydrogens is 522 g/mol. The number of nitrogens with one attached hydrogen (secondary N) is 1. The quantitative estimate of drug-likeness (QED) is 0.241. The zero-order valence-corrected chi connectivity index (χ0v) is 22.9. The molecular formula is C31H34F2N8. The highest BCUT2D eigenvalue weighted by Gasteiger charge is 2.19. The summed E-state index contributed by atoms with van der Waals surface area (Å²) in [6, 6.07) is 12.5. The summed E-state index contributed by atoms with van der Waals surface area (Å²) in [7, 11) is 0. The Hall–Kier alpha value is -4.86. The van der Waals surface area contributed by atoms with Gasteiger partial charge in [0, 0.05) is 29.1 Å². The zero-order chi connectivity index (χ0) is 28.6. The molecule has 10 heteroatoms. The number of aryl methyl sites for hydroxylation is 2. The fraction of sp³-hybridized carbons (Fsp3) is 0.226. The van der Waals surface area contributed by atoms with Gasteiger partial charge in [-0.3, -0.25) is 18.8 Å². The van der Waals surface area contributed by atoms with Gasteiger partial charge in [0.2, 0.25) is 0 Å². The van der Waals surface area contributed by atoms with Crippen molar-refractivity contribution in [3.63, 3.8) is 0 Å². The van der Waals surface area contributed by atoms with Crippen LogP contribution in [0.1, 0.15) is 39.6 Å². The van der Waals surface area contributed by atoms with E-state index in [0.717, 1.165) is 39.7 Å². The van der Waals surface area contributed by atoms with Gasteiger partial charge in [-0.2, -0.15) is 0 Å². The van der Waals surface area contributed by atoms with Crippen molar-refractivity contribution in [2.45, 2.75) is 47.6 Å². The molecule has 0 amide bonds. The molecule has 2 aromatic carbocycles. The molecule has 0 radical (unpaired) electrons. The summed E-state index contributed by atoms with van der Waals surface area (Å²) in [4.78, 5) is 17.5. The van der Waals surface area contributed by atoms with Gasteiger partial charge in [-0.25, -0.2) is 18.7 Å². The molecule has 0 spiro atoms. The van der Waals surface area contributed by atoms with E-state index >= 15 is 0 Å². The maximum Gasteiger partial charge on any atom is 0.157 e. The van der Waals surface area contributed by atoms with Gasteiger partial charge in [0.1, 0.15) is 34.7 Å². The SMILES string of the molecule is C.Cc1cn2c(N)c(-c3ccc(F)cc3)nc2cn1.Cc1cn2c(NC(C)(C)C)c(-c3ccc(F)cc3)nc2cn1. The molecule has 0 aliphatic rings. The lowest BCUT2D eigenvalue weighted by Crippen LogP contribution is -2.27. The number of benzene rings is 2. The Morgan fingerprint density at radius 1 is 0.707 bits per heavy atom. The predicted molar refractivity (Wildman–Crippen MR) is 161 cm³/mol. The van der Waals surface area contributed by atoms with Gasteiger partial charge in [0.15, 0.2) is 11.3 Å². The number of fused-ring (bicyclic) bond motifs is 2. The fourth-order valence-electron chi connectivity index (χ4n) is 4.22. The van der Waals surface area contributed by atoms with Crippen molar-refractivity contribution in [1.82, 2.24) is 28.7 Å². The second-order valence-corrected chi connectivity index (χ2v) is 10.6. The molecule has 6 aromatic rings. The van der Waals surface area contributed by atoms with Gasteiger partial charge in [0.25, 0.3) is 0 Å². The Kier molecular flexibility index (Phi) is 8.05. The van der Waals surface area contributed by atoms with Crippen LogP contribution in [0.2, 0.25) is 0 Å². The van der Waals surface area contributed by atoms with E-state index in [-0.39, 0.29) is 24.6 Å². The Bertz CT molecular complexity index is 1800. The number of rotatable bonds is 3. The van der Waals surface area contributed by atoms with Crippen LogP contribution >= 0.6 is 0 Å². The van der Waals surface area contributed by atoms with Crippen molar-refractivity contribution in [1.29, 1.82) is 0 Å². The van der Waals surface area contributed by atoms with E-state index in [9.17, 15) is 8.78 Å². The number of hydrogen-bond donors (Lipinski definition) is 2. The average Bonchev–Trinajstić information content (AvgIpc) is 3.41. The van der Waals surface area contributed by atoms with Crippen LogP contribution in [0.5, 0.6) is 0 Å². The number of halogens is 2. The molecule has 0 aliphatic heterocycles. The fourth-order valence-corrected chi connectivity index (χ4v) is 4.22. The Morgan fingerprint density at radius 2 is 1.15 bits per heavy atom. The number of nitrogen functional groups attached to an aromatic ring is 1. The predicted octanol–water partition coefficient (Wildman–Crippen LogP) is 7.12. The highest BCUT2D eigenvalue weighted by Crippen LogP contribution is 2.31. The first-order valence-corrected chi connectivity index (χ1v) is 12.7. The summed E-state index contributed by atoms with van der Waals surface area (Å²) in [6.07, 6.45) is 7.18. The van der Waals surface area contributed by atoms with Gasteiger partial charge >= 0.3 is 0 Å². The minimum absolute atomic E-state index is 0. The first-order valence-electron chi connectivity index (χ1n) is 12.7.